The maximum Gasteiger partial charge on any atom is 0.0714 e. The Hall–Kier alpha value is -6.18. The van der Waals surface area contributed by atoms with Crippen LogP contribution in [0.3, 0.4) is 0 Å². The molecule has 8 aromatic rings. The summed E-state index contributed by atoms with van der Waals surface area (Å²) in [6, 6.07) is 69.5. The molecular formula is C50H37N. The second-order valence-corrected chi connectivity index (χ2v) is 14.5. The van der Waals surface area contributed by atoms with Gasteiger partial charge in [-0.3, -0.25) is 0 Å². The van der Waals surface area contributed by atoms with Crippen molar-refractivity contribution in [2.24, 2.45) is 0 Å². The van der Waals surface area contributed by atoms with Gasteiger partial charge >= 0.3 is 0 Å². The molecule has 0 spiro atoms. The first-order valence-electron chi connectivity index (χ1n) is 17.9. The first-order valence-corrected chi connectivity index (χ1v) is 17.9. The van der Waals surface area contributed by atoms with E-state index in [4.69, 9.17) is 0 Å². The second kappa shape index (κ2) is 11.2. The van der Waals surface area contributed by atoms with E-state index in [9.17, 15) is 0 Å². The molecule has 8 aromatic carbocycles. The van der Waals surface area contributed by atoms with Crippen LogP contribution < -0.4 is 4.90 Å². The van der Waals surface area contributed by atoms with Crippen molar-refractivity contribution in [3.8, 4) is 22.3 Å². The van der Waals surface area contributed by atoms with Gasteiger partial charge in [0, 0.05) is 22.2 Å². The predicted octanol–water partition coefficient (Wildman–Crippen LogP) is 13.0. The Morgan fingerprint density at radius 2 is 0.922 bits per heavy atom. The van der Waals surface area contributed by atoms with E-state index in [0.717, 1.165) is 17.1 Å². The zero-order valence-electron chi connectivity index (χ0n) is 28.8. The van der Waals surface area contributed by atoms with Crippen LogP contribution in [0.2, 0.25) is 0 Å². The maximum absolute atomic E-state index is 2.45. The van der Waals surface area contributed by atoms with E-state index in [-0.39, 0.29) is 5.41 Å². The standard InChI is InChI=1S/C50H37N/c1-49(2)42-24-13-26-44-47(42)48-43(49)25-14-27-45(48)50(44,37-19-7-4-8-20-37)38-21-12-22-40(33-38)51(46-28-11-18-36-17-9-10-23-41(36)46)39-31-29-35(30-32-39)34-15-5-3-6-16-34/h3-33H,1-2H3. The normalized spacial score (nSPS) is 14.4. The maximum atomic E-state index is 2.45. The van der Waals surface area contributed by atoms with Crippen LogP contribution in [0.1, 0.15) is 47.2 Å². The fourth-order valence-electron chi connectivity index (χ4n) is 9.22. The zero-order chi connectivity index (χ0) is 34.2. The molecule has 0 aliphatic heterocycles. The van der Waals surface area contributed by atoms with E-state index in [1.165, 1.54) is 66.4 Å². The molecule has 0 N–H and O–H groups in total. The molecule has 10 rings (SSSR count). The van der Waals surface area contributed by atoms with Gasteiger partial charge in [-0.25, -0.2) is 0 Å². The predicted molar refractivity (Wildman–Crippen MR) is 213 cm³/mol. The minimum atomic E-state index is -0.466. The fourth-order valence-corrected chi connectivity index (χ4v) is 9.22. The van der Waals surface area contributed by atoms with Crippen molar-refractivity contribution in [1.29, 1.82) is 0 Å². The highest BCUT2D eigenvalue weighted by atomic mass is 15.1. The van der Waals surface area contributed by atoms with Crippen molar-refractivity contribution < 1.29 is 0 Å². The summed E-state index contributed by atoms with van der Waals surface area (Å²) in [7, 11) is 0. The van der Waals surface area contributed by atoms with E-state index in [1.807, 2.05) is 0 Å². The molecule has 51 heavy (non-hydrogen) atoms. The number of nitrogens with zero attached hydrogens (tertiary/aromatic N) is 1. The Kier molecular flexibility index (Phi) is 6.51. The number of hydrogen-bond donors (Lipinski definition) is 0. The molecule has 2 aliphatic rings. The summed E-state index contributed by atoms with van der Waals surface area (Å²) in [5.74, 6) is 0. The van der Waals surface area contributed by atoms with Gasteiger partial charge in [0.05, 0.1) is 11.1 Å². The Bertz CT molecular complexity index is 2540. The summed E-state index contributed by atoms with van der Waals surface area (Å²) < 4.78 is 0. The smallest absolute Gasteiger partial charge is 0.0714 e. The first kappa shape index (κ1) is 29.7. The van der Waals surface area contributed by atoms with Crippen molar-refractivity contribution in [2.75, 3.05) is 4.90 Å². The van der Waals surface area contributed by atoms with Gasteiger partial charge in [0.2, 0.25) is 0 Å². The van der Waals surface area contributed by atoms with Gasteiger partial charge in [-0.1, -0.05) is 172 Å². The highest BCUT2D eigenvalue weighted by Crippen LogP contribution is 2.64. The van der Waals surface area contributed by atoms with E-state index < -0.39 is 5.41 Å². The van der Waals surface area contributed by atoms with Gasteiger partial charge in [0.15, 0.2) is 0 Å². The molecule has 242 valence electrons. The molecule has 1 heteroatoms. The zero-order valence-corrected chi connectivity index (χ0v) is 28.8. The highest BCUT2D eigenvalue weighted by Gasteiger charge is 2.52. The molecule has 0 amide bonds. The topological polar surface area (TPSA) is 3.24 Å². The molecule has 0 saturated carbocycles. The van der Waals surface area contributed by atoms with E-state index in [1.54, 1.807) is 0 Å². The lowest BCUT2D eigenvalue weighted by molar-refractivity contribution is 0.652. The van der Waals surface area contributed by atoms with Crippen LogP contribution in [0.15, 0.2) is 188 Å². The van der Waals surface area contributed by atoms with Crippen molar-refractivity contribution in [2.45, 2.75) is 24.7 Å². The Morgan fingerprint density at radius 3 is 1.63 bits per heavy atom. The minimum Gasteiger partial charge on any atom is -0.310 e. The van der Waals surface area contributed by atoms with E-state index in [0.29, 0.717) is 0 Å². The number of rotatable bonds is 6. The summed E-state index contributed by atoms with van der Waals surface area (Å²) in [6.07, 6.45) is 0. The monoisotopic (exact) mass is 651 g/mol. The minimum absolute atomic E-state index is 0.0432. The summed E-state index contributed by atoms with van der Waals surface area (Å²) in [5, 5.41) is 2.44. The van der Waals surface area contributed by atoms with Crippen LogP contribution >= 0.6 is 0 Å². The van der Waals surface area contributed by atoms with Crippen LogP contribution in [0.25, 0.3) is 33.0 Å². The number of anilines is 3. The molecule has 0 radical (unpaired) electrons. The van der Waals surface area contributed by atoms with Crippen LogP contribution in [0, 0.1) is 0 Å². The van der Waals surface area contributed by atoms with E-state index >= 15 is 0 Å². The van der Waals surface area contributed by atoms with Crippen LogP contribution in [0.5, 0.6) is 0 Å². The summed E-state index contributed by atoms with van der Waals surface area (Å²) in [4.78, 5) is 2.44. The Balaban J connectivity index is 1.23. The second-order valence-electron chi connectivity index (χ2n) is 14.5. The summed E-state index contributed by atoms with van der Waals surface area (Å²) in [6.45, 7) is 4.76. The molecule has 1 nitrogen and oxygen atoms in total. The Labute approximate surface area is 300 Å². The van der Waals surface area contributed by atoms with Crippen LogP contribution in [0.4, 0.5) is 17.1 Å². The van der Waals surface area contributed by atoms with E-state index in [2.05, 4.69) is 207 Å². The number of hydrogen-bond acceptors (Lipinski definition) is 1. The van der Waals surface area contributed by atoms with Gasteiger partial charge in [0.25, 0.3) is 0 Å². The van der Waals surface area contributed by atoms with Gasteiger partial charge in [-0.15, -0.1) is 0 Å². The highest BCUT2D eigenvalue weighted by molar-refractivity contribution is 6.00. The SMILES string of the molecule is CC1(C)c2cccc3c2-c2c1cccc2C3(c1ccccc1)c1cccc(N(c2ccc(-c3ccccc3)cc2)c2cccc3ccccc23)c1. The third-order valence-electron chi connectivity index (χ3n) is 11.5. The molecule has 0 atom stereocenters. The molecule has 2 aliphatic carbocycles. The van der Waals surface area contributed by atoms with Gasteiger partial charge in [0.1, 0.15) is 0 Å². The molecular weight excluding hydrogens is 615 g/mol. The Morgan fingerprint density at radius 1 is 0.392 bits per heavy atom. The van der Waals surface area contributed by atoms with Crippen molar-refractivity contribution in [3.63, 3.8) is 0 Å². The van der Waals surface area contributed by atoms with Crippen molar-refractivity contribution in [1.82, 2.24) is 0 Å². The lowest BCUT2D eigenvalue weighted by Crippen LogP contribution is -2.30. The molecule has 0 bridgehead atoms. The van der Waals surface area contributed by atoms with Crippen LogP contribution in [-0.2, 0) is 10.8 Å². The summed E-state index contributed by atoms with van der Waals surface area (Å²) in [5.41, 5.74) is 16.3. The van der Waals surface area contributed by atoms with Crippen LogP contribution in [-0.4, -0.2) is 0 Å². The molecule has 0 unspecified atom stereocenters. The van der Waals surface area contributed by atoms with Crippen molar-refractivity contribution >= 4 is 27.8 Å². The largest absolute Gasteiger partial charge is 0.310 e. The lowest BCUT2D eigenvalue weighted by Gasteiger charge is -2.37. The van der Waals surface area contributed by atoms with Gasteiger partial charge in [-0.05, 0) is 91.4 Å². The van der Waals surface area contributed by atoms with Crippen molar-refractivity contribution in [3.05, 3.63) is 221 Å². The number of benzene rings is 8. The third-order valence-corrected chi connectivity index (χ3v) is 11.5. The average molecular weight is 652 g/mol. The first-order chi connectivity index (χ1) is 25.1. The lowest BCUT2D eigenvalue weighted by atomic mass is 9.66. The molecule has 0 aromatic heterocycles. The quantitative estimate of drug-likeness (QED) is 0.173. The number of fused-ring (bicyclic) bond motifs is 1. The third kappa shape index (κ3) is 4.22. The fraction of sp³-hybridized carbons (Fsp3) is 0.0800. The van der Waals surface area contributed by atoms with Gasteiger partial charge < -0.3 is 4.90 Å². The molecule has 0 fully saturated rings. The summed E-state index contributed by atoms with van der Waals surface area (Å²) >= 11 is 0. The molecule has 0 heterocycles. The van der Waals surface area contributed by atoms with Gasteiger partial charge in [-0.2, -0.15) is 0 Å². The average Bonchev–Trinajstić information content (AvgIpc) is 3.63. The molecule has 0 saturated heterocycles.